The molecule has 1 aliphatic heterocycles. The molecule has 0 spiro atoms. The molecule has 0 aromatic heterocycles. The van der Waals surface area contributed by atoms with Gasteiger partial charge in [0.05, 0.1) is 30.4 Å². The minimum Gasteiger partial charge on any atom is -0.507 e. The highest BCUT2D eigenvalue weighted by atomic mass is 16.6. The number of phenols is 1. The van der Waals surface area contributed by atoms with Crippen LogP contribution in [0.3, 0.4) is 0 Å². The third kappa shape index (κ3) is 4.75. The predicted molar refractivity (Wildman–Crippen MR) is 139 cm³/mol. The number of rotatable bonds is 3. The Morgan fingerprint density at radius 3 is 2.47 bits per heavy atom. The van der Waals surface area contributed by atoms with Crippen LogP contribution in [0.4, 0.5) is 0 Å². The van der Waals surface area contributed by atoms with Gasteiger partial charge >= 0.3 is 0 Å². The Balaban J connectivity index is 0.000000283. The Morgan fingerprint density at radius 2 is 1.84 bits per heavy atom. The zero-order chi connectivity index (χ0) is 27.9. The third-order valence-electron chi connectivity index (χ3n) is 7.90. The van der Waals surface area contributed by atoms with Crippen LogP contribution in [0.1, 0.15) is 81.6 Å². The van der Waals surface area contributed by atoms with Crippen LogP contribution in [0, 0.1) is 12.8 Å². The minimum absolute atomic E-state index is 0.0681. The number of aliphatic hydroxyl groups excluding tert-OH is 2. The second-order valence-electron chi connectivity index (χ2n) is 10.2. The smallest absolute Gasteiger partial charge is 0.201 e. The Kier molecular flexibility index (Phi) is 8.04. The van der Waals surface area contributed by atoms with E-state index in [1.165, 1.54) is 7.11 Å². The van der Waals surface area contributed by atoms with E-state index < -0.39 is 18.2 Å². The highest BCUT2D eigenvalue weighted by Gasteiger charge is 2.39. The number of phenolic OH excluding ortho intramolecular Hbond substituents is 1. The summed E-state index contributed by atoms with van der Waals surface area (Å²) in [7, 11) is 1.45. The molecular weight excluding hydrogens is 490 g/mol. The molecule has 5 N–H and O–H groups in total. The number of ether oxygens (including phenoxy) is 2. The van der Waals surface area contributed by atoms with E-state index in [4.69, 9.17) is 20.3 Å². The molecule has 204 valence electrons. The summed E-state index contributed by atoms with van der Waals surface area (Å²) >= 11 is 0. The number of carbonyl (C=O) groups excluding carboxylic acids is 3. The molecule has 1 fully saturated rings. The first-order valence-electron chi connectivity index (χ1n) is 12.9. The van der Waals surface area contributed by atoms with Gasteiger partial charge in [0.15, 0.2) is 12.1 Å². The summed E-state index contributed by atoms with van der Waals surface area (Å²) in [6.07, 6.45) is 0.627. The van der Waals surface area contributed by atoms with Gasteiger partial charge in [-0.3, -0.25) is 14.4 Å². The van der Waals surface area contributed by atoms with Crippen molar-refractivity contribution >= 4 is 17.3 Å². The Labute approximate surface area is 221 Å². The molecule has 0 saturated carbocycles. The average molecular weight is 526 g/mol. The maximum absolute atomic E-state index is 13.3. The van der Waals surface area contributed by atoms with Crippen LogP contribution in [-0.4, -0.2) is 64.3 Å². The fraction of sp³-hybridized carbons (Fsp3) is 0.483. The van der Waals surface area contributed by atoms with Gasteiger partial charge in [0.1, 0.15) is 17.3 Å². The third-order valence-corrected chi connectivity index (χ3v) is 7.90. The molecule has 1 saturated heterocycles. The number of benzene rings is 2. The van der Waals surface area contributed by atoms with E-state index in [1.54, 1.807) is 25.1 Å². The van der Waals surface area contributed by atoms with E-state index in [9.17, 15) is 24.6 Å². The Morgan fingerprint density at radius 1 is 1.13 bits per heavy atom. The molecule has 3 aliphatic rings. The second-order valence-corrected chi connectivity index (χ2v) is 10.2. The summed E-state index contributed by atoms with van der Waals surface area (Å²) < 4.78 is 10.2. The highest BCUT2D eigenvalue weighted by Crippen LogP contribution is 2.44. The molecule has 2 aromatic carbocycles. The van der Waals surface area contributed by atoms with Crippen molar-refractivity contribution in [2.24, 2.45) is 11.7 Å². The van der Waals surface area contributed by atoms with Crippen LogP contribution in [0.2, 0.25) is 0 Å². The van der Waals surface area contributed by atoms with Crippen LogP contribution >= 0.6 is 0 Å². The summed E-state index contributed by atoms with van der Waals surface area (Å²) in [4.78, 5) is 38.7. The lowest BCUT2D eigenvalue weighted by Crippen LogP contribution is -2.51. The van der Waals surface area contributed by atoms with E-state index in [-0.39, 0.29) is 57.6 Å². The van der Waals surface area contributed by atoms with Gasteiger partial charge in [0.25, 0.3) is 0 Å². The van der Waals surface area contributed by atoms with Gasteiger partial charge in [0.2, 0.25) is 5.78 Å². The number of aliphatic hydroxyl groups is 2. The van der Waals surface area contributed by atoms with Crippen molar-refractivity contribution in [2.45, 2.75) is 77.4 Å². The molecule has 0 bridgehead atoms. The lowest BCUT2D eigenvalue weighted by molar-refractivity contribution is -0.198. The normalized spacial score (nSPS) is 25.9. The monoisotopic (exact) mass is 525 g/mol. The maximum Gasteiger partial charge on any atom is 0.201 e. The van der Waals surface area contributed by atoms with Gasteiger partial charge in [-0.1, -0.05) is 19.1 Å². The van der Waals surface area contributed by atoms with Crippen LogP contribution in [-0.2, 0) is 22.4 Å². The van der Waals surface area contributed by atoms with E-state index >= 15 is 0 Å². The van der Waals surface area contributed by atoms with E-state index in [0.29, 0.717) is 49.0 Å². The number of hydrogen-bond donors (Lipinski definition) is 4. The highest BCUT2D eigenvalue weighted by molar-refractivity contribution is 6.31. The number of methoxy groups -OCH3 is 1. The molecule has 0 radical (unpaired) electrons. The lowest BCUT2D eigenvalue weighted by atomic mass is 9.73. The molecule has 1 heterocycles. The number of hydrogen-bond acceptors (Lipinski definition) is 9. The van der Waals surface area contributed by atoms with Gasteiger partial charge in [-0.05, 0) is 55.9 Å². The molecule has 9 nitrogen and oxygen atoms in total. The molecule has 5 atom stereocenters. The van der Waals surface area contributed by atoms with E-state index in [2.05, 4.69) is 0 Å². The van der Waals surface area contributed by atoms with Crippen LogP contribution in [0.15, 0.2) is 18.2 Å². The number of fused-ring (bicyclic) bond motifs is 3. The Bertz CT molecular complexity index is 1270. The standard InChI is InChI=1S/C23H22O5.C6H13NO3/c1-4-16(24)12-8-9-13-15(10-12)11(2)18-20(21(13)25)23(27)19-14(22(18)26)6-5-7-17(19)28-3;1-3-6(9)4(7)2-5(8)10-3/h5-7,12,25H,4,8-10H2,1-3H3;3-6,8-9H,2,7H2,1H3. The van der Waals surface area contributed by atoms with Gasteiger partial charge in [0, 0.05) is 35.9 Å². The number of aromatic hydroxyl groups is 1. The van der Waals surface area contributed by atoms with E-state index in [1.807, 2.05) is 13.8 Å². The number of Topliss-reactive ketones (excluding diaryl/α,β-unsaturated/α-hetero) is 1. The van der Waals surface area contributed by atoms with Gasteiger partial charge < -0.3 is 30.5 Å². The number of carbonyl (C=O) groups is 3. The van der Waals surface area contributed by atoms with Crippen molar-refractivity contribution < 1.29 is 39.2 Å². The Hall–Kier alpha value is -3.11. The summed E-state index contributed by atoms with van der Waals surface area (Å²) in [6.45, 7) is 5.35. The first-order valence-corrected chi connectivity index (χ1v) is 12.9. The molecule has 5 rings (SSSR count). The zero-order valence-electron chi connectivity index (χ0n) is 22.1. The van der Waals surface area contributed by atoms with Crippen molar-refractivity contribution in [3.8, 4) is 11.5 Å². The lowest BCUT2D eigenvalue weighted by Gasteiger charge is -2.33. The molecule has 9 heteroatoms. The quantitative estimate of drug-likeness (QED) is 0.403. The van der Waals surface area contributed by atoms with Crippen molar-refractivity contribution in [3.05, 3.63) is 57.1 Å². The second kappa shape index (κ2) is 10.9. The summed E-state index contributed by atoms with van der Waals surface area (Å²) in [6, 6.07) is 4.56. The number of ketones is 3. The van der Waals surface area contributed by atoms with Gasteiger partial charge in [-0.25, -0.2) is 0 Å². The van der Waals surface area contributed by atoms with Crippen molar-refractivity contribution in [3.63, 3.8) is 0 Å². The molecule has 0 amide bonds. The fourth-order valence-electron chi connectivity index (χ4n) is 5.75. The maximum atomic E-state index is 13.3. The summed E-state index contributed by atoms with van der Waals surface area (Å²) in [5.74, 6) is -0.381. The van der Waals surface area contributed by atoms with Crippen LogP contribution < -0.4 is 10.5 Å². The molecule has 2 aromatic rings. The van der Waals surface area contributed by atoms with Crippen molar-refractivity contribution in [1.29, 1.82) is 0 Å². The van der Waals surface area contributed by atoms with Crippen LogP contribution in [0.5, 0.6) is 11.5 Å². The first-order chi connectivity index (χ1) is 18.0. The predicted octanol–water partition coefficient (Wildman–Crippen LogP) is 2.37. The first kappa shape index (κ1) is 27.9. The van der Waals surface area contributed by atoms with E-state index in [0.717, 1.165) is 5.56 Å². The fourth-order valence-corrected chi connectivity index (χ4v) is 5.75. The average Bonchev–Trinajstić information content (AvgIpc) is 2.91. The van der Waals surface area contributed by atoms with Crippen LogP contribution in [0.25, 0.3) is 0 Å². The summed E-state index contributed by atoms with van der Waals surface area (Å²) in [5.41, 5.74) is 8.51. The molecular formula is C29H35NO8. The molecule has 38 heavy (non-hydrogen) atoms. The topological polar surface area (TPSA) is 156 Å². The number of nitrogens with two attached hydrogens (primary N) is 1. The molecule has 2 aliphatic carbocycles. The van der Waals surface area contributed by atoms with Gasteiger partial charge in [-0.15, -0.1) is 0 Å². The SMILES string of the molecule is CC1OC(O)CC(N)C1O.CCC(=O)C1CCc2c(O)c3c(c(C)c2C1)C(=O)c1cccc(OC)c1C3=O. The minimum atomic E-state index is -0.812. The summed E-state index contributed by atoms with van der Waals surface area (Å²) in [5, 5.41) is 29.1. The molecule has 5 unspecified atom stereocenters. The van der Waals surface area contributed by atoms with Gasteiger partial charge in [-0.2, -0.15) is 0 Å². The zero-order valence-corrected chi connectivity index (χ0v) is 22.1. The largest absolute Gasteiger partial charge is 0.507 e. The van der Waals surface area contributed by atoms with Crippen molar-refractivity contribution in [2.75, 3.05) is 7.11 Å². The van der Waals surface area contributed by atoms with Crippen molar-refractivity contribution in [1.82, 2.24) is 0 Å².